The van der Waals surface area contributed by atoms with Gasteiger partial charge in [0.1, 0.15) is 0 Å². The number of rotatable bonds is 5. The van der Waals surface area contributed by atoms with Crippen LogP contribution >= 0.6 is 0 Å². The zero-order valence-corrected chi connectivity index (χ0v) is 16.6. The number of nitrogens with zero attached hydrogens (tertiary/aromatic N) is 1. The first-order chi connectivity index (χ1) is 12.4. The number of benzene rings is 2. The maximum Gasteiger partial charge on any atom is 0.243 e. The van der Waals surface area contributed by atoms with Crippen molar-refractivity contribution in [2.75, 3.05) is 13.1 Å². The lowest BCUT2D eigenvalue weighted by Gasteiger charge is -2.32. The monoisotopic (exact) mass is 373 g/mol. The van der Waals surface area contributed by atoms with Gasteiger partial charge in [-0.25, -0.2) is 8.42 Å². The maximum absolute atomic E-state index is 13.1. The van der Waals surface area contributed by atoms with Gasteiger partial charge in [-0.05, 0) is 50.3 Å². The van der Waals surface area contributed by atoms with Crippen LogP contribution in [0.3, 0.4) is 0 Å². The van der Waals surface area contributed by atoms with Gasteiger partial charge in [-0.15, -0.1) is 0 Å². The fraction of sp³-hybridized carbons (Fsp3) is 0.429. The molecule has 26 heavy (non-hydrogen) atoms. The van der Waals surface area contributed by atoms with Gasteiger partial charge in [0.05, 0.1) is 17.6 Å². The summed E-state index contributed by atoms with van der Waals surface area (Å²) in [4.78, 5) is 0.465. The van der Waals surface area contributed by atoms with E-state index in [-0.39, 0.29) is 6.10 Å². The minimum Gasteiger partial charge on any atom is -0.373 e. The topological polar surface area (TPSA) is 46.6 Å². The summed E-state index contributed by atoms with van der Waals surface area (Å²) in [5, 5.41) is 0. The van der Waals surface area contributed by atoms with Crippen molar-refractivity contribution in [1.29, 1.82) is 0 Å². The first kappa shape index (κ1) is 19.1. The third-order valence-corrected chi connectivity index (χ3v) is 7.14. The van der Waals surface area contributed by atoms with Crippen LogP contribution in [0.25, 0.3) is 0 Å². The standard InChI is InChI=1S/C21H27NO3S/c1-16-13-17(2)21(18(3)14-16)26(23,24)22-11-9-20(10-12-22)25-15-19-7-5-4-6-8-19/h4-8,13-14,20H,9-12,15H2,1-3H3. The molecule has 0 atom stereocenters. The molecule has 1 aliphatic rings. The van der Waals surface area contributed by atoms with Gasteiger partial charge in [-0.3, -0.25) is 0 Å². The normalized spacial score (nSPS) is 16.7. The molecular formula is C21H27NO3S. The van der Waals surface area contributed by atoms with E-state index in [4.69, 9.17) is 4.74 Å². The highest BCUT2D eigenvalue weighted by atomic mass is 32.2. The Morgan fingerprint density at radius 3 is 2.15 bits per heavy atom. The van der Waals surface area contributed by atoms with E-state index in [2.05, 4.69) is 0 Å². The average molecular weight is 374 g/mol. The highest BCUT2D eigenvalue weighted by Crippen LogP contribution is 2.28. The van der Waals surface area contributed by atoms with Crippen LogP contribution in [-0.4, -0.2) is 31.9 Å². The minimum atomic E-state index is -3.45. The van der Waals surface area contributed by atoms with Gasteiger partial charge in [0.15, 0.2) is 0 Å². The van der Waals surface area contributed by atoms with Crippen molar-refractivity contribution in [3.8, 4) is 0 Å². The lowest BCUT2D eigenvalue weighted by molar-refractivity contribution is 0.0102. The fourth-order valence-corrected chi connectivity index (χ4v) is 5.61. The fourth-order valence-electron chi connectivity index (χ4n) is 3.73. The van der Waals surface area contributed by atoms with Crippen molar-refractivity contribution in [2.24, 2.45) is 0 Å². The van der Waals surface area contributed by atoms with Crippen molar-refractivity contribution < 1.29 is 13.2 Å². The molecule has 0 aromatic heterocycles. The molecule has 140 valence electrons. The maximum atomic E-state index is 13.1. The summed E-state index contributed by atoms with van der Waals surface area (Å²) in [6.45, 7) is 7.34. The van der Waals surface area contributed by atoms with Crippen molar-refractivity contribution in [3.05, 3.63) is 64.7 Å². The van der Waals surface area contributed by atoms with Crippen LogP contribution in [0, 0.1) is 20.8 Å². The molecule has 1 saturated heterocycles. The van der Waals surface area contributed by atoms with Gasteiger partial charge < -0.3 is 4.74 Å². The molecule has 1 aliphatic heterocycles. The van der Waals surface area contributed by atoms with Gasteiger partial charge in [-0.1, -0.05) is 48.0 Å². The summed E-state index contributed by atoms with van der Waals surface area (Å²) in [7, 11) is -3.45. The molecule has 0 aliphatic carbocycles. The van der Waals surface area contributed by atoms with Crippen LogP contribution in [-0.2, 0) is 21.4 Å². The number of hydrogen-bond acceptors (Lipinski definition) is 3. The minimum absolute atomic E-state index is 0.113. The highest BCUT2D eigenvalue weighted by molar-refractivity contribution is 7.89. The van der Waals surface area contributed by atoms with Crippen molar-refractivity contribution in [1.82, 2.24) is 4.31 Å². The SMILES string of the molecule is Cc1cc(C)c(S(=O)(=O)N2CCC(OCc3ccccc3)CC2)c(C)c1. The molecule has 0 radical (unpaired) electrons. The Kier molecular flexibility index (Phi) is 5.80. The van der Waals surface area contributed by atoms with E-state index in [0.29, 0.717) is 24.6 Å². The van der Waals surface area contributed by atoms with Crippen LogP contribution in [0.1, 0.15) is 35.1 Å². The second-order valence-corrected chi connectivity index (χ2v) is 9.00. The predicted octanol–water partition coefficient (Wildman–Crippen LogP) is 3.98. The average Bonchev–Trinajstić information content (AvgIpc) is 2.60. The molecule has 0 unspecified atom stereocenters. The molecule has 0 amide bonds. The summed E-state index contributed by atoms with van der Waals surface area (Å²) in [6, 6.07) is 14.0. The van der Waals surface area contributed by atoms with E-state index < -0.39 is 10.0 Å². The summed E-state index contributed by atoms with van der Waals surface area (Å²) < 4.78 is 33.8. The second kappa shape index (κ2) is 7.91. The lowest BCUT2D eigenvalue weighted by Crippen LogP contribution is -2.41. The van der Waals surface area contributed by atoms with Crippen molar-refractivity contribution >= 4 is 10.0 Å². The number of piperidine rings is 1. The first-order valence-corrected chi connectivity index (χ1v) is 10.6. The Bertz CT molecular complexity index is 831. The molecule has 2 aromatic carbocycles. The third kappa shape index (κ3) is 4.17. The lowest BCUT2D eigenvalue weighted by atomic mass is 10.1. The van der Waals surface area contributed by atoms with Gasteiger partial charge in [0.2, 0.25) is 10.0 Å². The van der Waals surface area contributed by atoms with Crippen LogP contribution in [0.5, 0.6) is 0 Å². The summed E-state index contributed by atoms with van der Waals surface area (Å²) in [5.41, 5.74) is 3.88. The Morgan fingerprint density at radius 2 is 1.58 bits per heavy atom. The van der Waals surface area contributed by atoms with E-state index in [1.807, 2.05) is 63.2 Å². The Hall–Kier alpha value is -1.69. The molecule has 1 heterocycles. The molecular weight excluding hydrogens is 346 g/mol. The van der Waals surface area contributed by atoms with E-state index in [1.165, 1.54) is 0 Å². The van der Waals surface area contributed by atoms with E-state index >= 15 is 0 Å². The number of sulfonamides is 1. The molecule has 0 bridgehead atoms. The quantitative estimate of drug-likeness (QED) is 0.796. The molecule has 4 nitrogen and oxygen atoms in total. The van der Waals surface area contributed by atoms with E-state index in [1.54, 1.807) is 4.31 Å². The number of hydrogen-bond donors (Lipinski definition) is 0. The van der Waals surface area contributed by atoms with Gasteiger partial charge in [0.25, 0.3) is 0 Å². The van der Waals surface area contributed by atoms with Crippen LogP contribution in [0.2, 0.25) is 0 Å². The van der Waals surface area contributed by atoms with Crippen LogP contribution in [0.15, 0.2) is 47.4 Å². The second-order valence-electron chi connectivity index (χ2n) is 7.13. The van der Waals surface area contributed by atoms with Gasteiger partial charge >= 0.3 is 0 Å². The highest BCUT2D eigenvalue weighted by Gasteiger charge is 2.31. The van der Waals surface area contributed by atoms with E-state index in [0.717, 1.165) is 35.1 Å². The smallest absolute Gasteiger partial charge is 0.243 e. The number of ether oxygens (including phenoxy) is 1. The Labute approximate surface area is 156 Å². The zero-order valence-electron chi connectivity index (χ0n) is 15.7. The first-order valence-electron chi connectivity index (χ1n) is 9.11. The van der Waals surface area contributed by atoms with Gasteiger partial charge in [-0.2, -0.15) is 4.31 Å². The third-order valence-electron chi connectivity index (χ3n) is 4.93. The van der Waals surface area contributed by atoms with Gasteiger partial charge in [0, 0.05) is 13.1 Å². The Balaban J connectivity index is 1.64. The molecule has 5 heteroatoms. The van der Waals surface area contributed by atoms with Crippen LogP contribution < -0.4 is 0 Å². The molecule has 0 spiro atoms. The molecule has 0 saturated carbocycles. The van der Waals surface area contributed by atoms with E-state index in [9.17, 15) is 8.42 Å². The largest absolute Gasteiger partial charge is 0.373 e. The molecule has 3 rings (SSSR count). The number of aryl methyl sites for hydroxylation is 3. The zero-order chi connectivity index (χ0) is 18.7. The predicted molar refractivity (Wildman–Crippen MR) is 104 cm³/mol. The summed E-state index contributed by atoms with van der Waals surface area (Å²) in [5.74, 6) is 0. The summed E-state index contributed by atoms with van der Waals surface area (Å²) >= 11 is 0. The molecule has 1 fully saturated rings. The van der Waals surface area contributed by atoms with Crippen LogP contribution in [0.4, 0.5) is 0 Å². The van der Waals surface area contributed by atoms with Crippen molar-refractivity contribution in [2.45, 2.75) is 51.2 Å². The summed E-state index contributed by atoms with van der Waals surface area (Å²) in [6.07, 6.45) is 1.58. The Morgan fingerprint density at radius 1 is 1.00 bits per heavy atom. The molecule has 2 aromatic rings. The molecule has 0 N–H and O–H groups in total. The van der Waals surface area contributed by atoms with Crippen molar-refractivity contribution in [3.63, 3.8) is 0 Å².